The Hall–Kier alpha value is -2.76. The third kappa shape index (κ3) is 4.47. The van der Waals surface area contributed by atoms with Crippen LogP contribution in [0.1, 0.15) is 39.8 Å². The van der Waals surface area contributed by atoms with Crippen LogP contribution in [0.2, 0.25) is 0 Å². The normalized spacial score (nSPS) is 19.6. The van der Waals surface area contributed by atoms with Crippen molar-refractivity contribution in [2.24, 2.45) is 7.05 Å². The average molecular weight is 489 g/mol. The smallest absolute Gasteiger partial charge is 0.277 e. The number of hydrogen-bond donors (Lipinski definition) is 2. The number of piperazine rings is 1. The maximum absolute atomic E-state index is 13.5. The van der Waals surface area contributed by atoms with Gasteiger partial charge in [0.15, 0.2) is 5.52 Å². The molecule has 0 amide bonds. The second kappa shape index (κ2) is 9.47. The molecule has 1 saturated heterocycles. The molecule has 0 bridgehead atoms. The highest BCUT2D eigenvalue weighted by atomic mass is 32.2. The Labute approximate surface area is 199 Å². The Morgan fingerprint density at radius 1 is 1.18 bits per heavy atom. The van der Waals surface area contributed by atoms with Crippen LogP contribution in [0.15, 0.2) is 27.9 Å². The Balaban J connectivity index is 1.86. The number of H-pyrrole nitrogens is 1. The molecule has 34 heavy (non-hydrogen) atoms. The molecule has 11 heteroatoms. The molecule has 3 aromatic rings. The minimum absolute atomic E-state index is 0.0451. The van der Waals surface area contributed by atoms with Crippen molar-refractivity contribution in [2.75, 3.05) is 19.7 Å². The van der Waals surface area contributed by atoms with Gasteiger partial charge < -0.3 is 15.0 Å². The summed E-state index contributed by atoms with van der Waals surface area (Å²) in [4.78, 5) is 20.6. The Morgan fingerprint density at radius 2 is 1.88 bits per heavy atom. The van der Waals surface area contributed by atoms with Gasteiger partial charge in [-0.05, 0) is 45.4 Å². The standard InChI is InChI=1S/C23H32N6O4S/c1-6-8-18-20-21(28(5)27-18)23(30)26-22(25-20)17-11-16(9-10-19(17)33-7-2)34(31,32)29-12-14(3)24-15(4)13-29/h9-11,14-15,24H,6-8,12-13H2,1-5H3,(H,25,26,30)/t14-,15+. The van der Waals surface area contributed by atoms with Crippen molar-refractivity contribution < 1.29 is 13.2 Å². The van der Waals surface area contributed by atoms with E-state index in [0.717, 1.165) is 12.1 Å². The number of sulfonamides is 1. The summed E-state index contributed by atoms with van der Waals surface area (Å²) in [5, 5.41) is 7.81. The lowest BCUT2D eigenvalue weighted by molar-refractivity contribution is 0.263. The van der Waals surface area contributed by atoms with E-state index in [9.17, 15) is 13.2 Å². The Morgan fingerprint density at radius 3 is 2.53 bits per heavy atom. The summed E-state index contributed by atoms with van der Waals surface area (Å²) in [6.45, 7) is 8.96. The van der Waals surface area contributed by atoms with Crippen molar-refractivity contribution in [3.63, 3.8) is 0 Å². The molecule has 3 heterocycles. The summed E-state index contributed by atoms with van der Waals surface area (Å²) in [7, 11) is -2.04. The number of aromatic nitrogens is 4. The highest BCUT2D eigenvalue weighted by Crippen LogP contribution is 2.32. The van der Waals surface area contributed by atoms with Crippen molar-refractivity contribution in [3.05, 3.63) is 34.2 Å². The number of aromatic amines is 1. The number of nitrogens with one attached hydrogen (secondary N) is 2. The fourth-order valence-electron chi connectivity index (χ4n) is 4.54. The molecule has 10 nitrogen and oxygen atoms in total. The molecule has 184 valence electrons. The Kier molecular flexibility index (Phi) is 6.79. The van der Waals surface area contributed by atoms with Crippen molar-refractivity contribution in [3.8, 4) is 17.1 Å². The molecule has 4 rings (SSSR count). The molecule has 0 saturated carbocycles. The van der Waals surface area contributed by atoms with Crippen molar-refractivity contribution >= 4 is 21.1 Å². The molecule has 0 unspecified atom stereocenters. The third-order valence-corrected chi connectivity index (χ3v) is 7.74. The van der Waals surface area contributed by atoms with E-state index in [-0.39, 0.29) is 28.4 Å². The molecular weight excluding hydrogens is 456 g/mol. The van der Waals surface area contributed by atoms with Crippen LogP contribution in [-0.2, 0) is 23.5 Å². The zero-order valence-electron chi connectivity index (χ0n) is 20.3. The topological polar surface area (TPSA) is 122 Å². The molecule has 1 aliphatic rings. The van der Waals surface area contributed by atoms with Gasteiger partial charge in [0, 0.05) is 32.2 Å². The molecule has 2 N–H and O–H groups in total. The number of ether oxygens (including phenoxy) is 1. The summed E-state index contributed by atoms with van der Waals surface area (Å²) in [5.41, 5.74) is 1.72. The summed E-state index contributed by atoms with van der Waals surface area (Å²) in [6, 6.07) is 4.80. The highest BCUT2D eigenvalue weighted by molar-refractivity contribution is 7.89. The SMILES string of the molecule is CCCc1nn(C)c2c(=O)[nH]c(-c3cc(S(=O)(=O)N4C[C@@H](C)N[C@@H](C)C4)ccc3OCC)nc12. The van der Waals surface area contributed by atoms with E-state index in [1.165, 1.54) is 15.1 Å². The zero-order valence-corrected chi connectivity index (χ0v) is 21.1. The molecule has 2 atom stereocenters. The van der Waals surface area contributed by atoms with Crippen molar-refractivity contribution in [1.82, 2.24) is 29.4 Å². The van der Waals surface area contributed by atoms with Gasteiger partial charge in [0.25, 0.3) is 5.56 Å². The highest BCUT2D eigenvalue weighted by Gasteiger charge is 2.32. The van der Waals surface area contributed by atoms with Gasteiger partial charge in [-0.2, -0.15) is 9.40 Å². The third-order valence-electron chi connectivity index (χ3n) is 5.92. The second-order valence-electron chi connectivity index (χ2n) is 8.81. The molecule has 0 spiro atoms. The van der Waals surface area contributed by atoms with E-state index in [1.54, 1.807) is 19.2 Å². The predicted molar refractivity (Wildman–Crippen MR) is 131 cm³/mol. The largest absolute Gasteiger partial charge is 0.493 e. The number of nitrogens with zero attached hydrogens (tertiary/aromatic N) is 4. The van der Waals surface area contributed by atoms with Gasteiger partial charge in [0.1, 0.15) is 17.1 Å². The van der Waals surface area contributed by atoms with E-state index in [1.807, 2.05) is 27.7 Å². The fraction of sp³-hybridized carbons (Fsp3) is 0.522. The first kappa shape index (κ1) is 24.4. The lowest BCUT2D eigenvalue weighted by Gasteiger charge is -2.35. The molecular formula is C23H32N6O4S. The predicted octanol–water partition coefficient (Wildman–Crippen LogP) is 2.05. The first-order valence-corrected chi connectivity index (χ1v) is 13.1. The number of fused-ring (bicyclic) bond motifs is 1. The monoisotopic (exact) mass is 488 g/mol. The lowest BCUT2D eigenvalue weighted by Crippen LogP contribution is -2.55. The van der Waals surface area contributed by atoms with Crippen molar-refractivity contribution in [1.29, 1.82) is 0 Å². The number of hydrogen-bond acceptors (Lipinski definition) is 7. The van der Waals surface area contributed by atoms with Crippen LogP contribution < -0.4 is 15.6 Å². The van der Waals surface area contributed by atoms with Gasteiger partial charge in [-0.15, -0.1) is 0 Å². The van der Waals surface area contributed by atoms with Gasteiger partial charge in [-0.25, -0.2) is 13.4 Å². The minimum Gasteiger partial charge on any atom is -0.493 e. The van der Waals surface area contributed by atoms with Crippen LogP contribution in [-0.4, -0.2) is 64.3 Å². The minimum atomic E-state index is -3.75. The number of rotatable bonds is 7. The van der Waals surface area contributed by atoms with Crippen LogP contribution in [0.5, 0.6) is 5.75 Å². The molecule has 2 aromatic heterocycles. The molecule has 0 radical (unpaired) electrons. The fourth-order valence-corrected chi connectivity index (χ4v) is 6.18. The zero-order chi connectivity index (χ0) is 24.6. The molecule has 1 aliphatic heterocycles. The summed E-state index contributed by atoms with van der Waals surface area (Å²) < 4.78 is 35.8. The molecule has 1 aromatic carbocycles. The van der Waals surface area contributed by atoms with Gasteiger partial charge in [-0.3, -0.25) is 9.48 Å². The van der Waals surface area contributed by atoms with Gasteiger partial charge in [-0.1, -0.05) is 13.3 Å². The summed E-state index contributed by atoms with van der Waals surface area (Å²) in [6.07, 6.45) is 1.54. The van der Waals surface area contributed by atoms with Crippen molar-refractivity contribution in [2.45, 2.75) is 57.5 Å². The van der Waals surface area contributed by atoms with E-state index in [2.05, 4.69) is 15.4 Å². The van der Waals surface area contributed by atoms with Crippen LogP contribution >= 0.6 is 0 Å². The average Bonchev–Trinajstić information content (AvgIpc) is 3.09. The van der Waals surface area contributed by atoms with E-state index in [0.29, 0.717) is 48.5 Å². The van der Waals surface area contributed by atoms with Gasteiger partial charge in [0.05, 0.1) is 22.8 Å². The first-order valence-electron chi connectivity index (χ1n) is 11.6. The van der Waals surface area contributed by atoms with Crippen LogP contribution in [0, 0.1) is 0 Å². The van der Waals surface area contributed by atoms with E-state index in [4.69, 9.17) is 9.72 Å². The maximum atomic E-state index is 13.5. The van der Waals surface area contributed by atoms with Crippen LogP contribution in [0.25, 0.3) is 22.4 Å². The van der Waals surface area contributed by atoms with E-state index >= 15 is 0 Å². The van der Waals surface area contributed by atoms with Crippen LogP contribution in [0.3, 0.4) is 0 Å². The molecule has 0 aliphatic carbocycles. The summed E-state index contributed by atoms with van der Waals surface area (Å²) >= 11 is 0. The van der Waals surface area contributed by atoms with Gasteiger partial charge in [0.2, 0.25) is 10.0 Å². The van der Waals surface area contributed by atoms with Gasteiger partial charge >= 0.3 is 0 Å². The summed E-state index contributed by atoms with van der Waals surface area (Å²) in [5.74, 6) is 0.706. The lowest BCUT2D eigenvalue weighted by atomic mass is 10.1. The first-order chi connectivity index (χ1) is 16.1. The van der Waals surface area contributed by atoms with Crippen LogP contribution in [0.4, 0.5) is 0 Å². The Bertz CT molecular complexity index is 1350. The number of aryl methyl sites for hydroxylation is 2. The van der Waals surface area contributed by atoms with E-state index < -0.39 is 10.0 Å². The quantitative estimate of drug-likeness (QED) is 0.522. The second-order valence-corrected chi connectivity index (χ2v) is 10.8. The number of benzene rings is 1. The molecule has 1 fully saturated rings. The maximum Gasteiger partial charge on any atom is 0.277 e.